The Morgan fingerprint density at radius 1 is 0.968 bits per heavy atom. The van der Waals surface area contributed by atoms with Crippen molar-refractivity contribution in [3.05, 3.63) is 59.2 Å². The molecule has 0 aliphatic heterocycles. The molecule has 0 bridgehead atoms. The Balaban J connectivity index is 1.44. The second-order valence-electron chi connectivity index (χ2n) is 7.97. The standard InChI is InChI=1S/C24H29N3O4/c1-15-12-16(2)14-21(13-15)31-17(3)22(28)27-20-8-6-19(7-9-20)24(30)26-11-10-25-23(29)18-4-5-18/h6-9,12-14,17-18H,4-5,10-11H2,1-3H3,(H,25,29)(H,26,30)(H,27,28). The molecule has 0 spiro atoms. The average molecular weight is 424 g/mol. The lowest BCUT2D eigenvalue weighted by Crippen LogP contribution is -2.35. The van der Waals surface area contributed by atoms with E-state index in [4.69, 9.17) is 4.74 Å². The van der Waals surface area contributed by atoms with Gasteiger partial charge in [0.05, 0.1) is 0 Å². The molecule has 3 N–H and O–H groups in total. The van der Waals surface area contributed by atoms with Crippen molar-refractivity contribution in [2.75, 3.05) is 18.4 Å². The molecule has 1 aliphatic rings. The highest BCUT2D eigenvalue weighted by atomic mass is 16.5. The molecule has 0 radical (unpaired) electrons. The molecular formula is C24H29N3O4. The minimum atomic E-state index is -0.671. The van der Waals surface area contributed by atoms with Gasteiger partial charge in [0.25, 0.3) is 11.8 Å². The van der Waals surface area contributed by atoms with Crippen molar-refractivity contribution in [3.63, 3.8) is 0 Å². The third-order valence-corrected chi connectivity index (χ3v) is 4.95. The van der Waals surface area contributed by atoms with Crippen LogP contribution in [0.25, 0.3) is 0 Å². The van der Waals surface area contributed by atoms with Gasteiger partial charge >= 0.3 is 0 Å². The van der Waals surface area contributed by atoms with E-state index in [0.29, 0.717) is 30.1 Å². The van der Waals surface area contributed by atoms with E-state index in [1.54, 1.807) is 31.2 Å². The predicted octanol–water partition coefficient (Wildman–Crippen LogP) is 2.97. The highest BCUT2D eigenvalue weighted by molar-refractivity contribution is 5.96. The molecule has 0 aromatic heterocycles. The van der Waals surface area contributed by atoms with Crippen molar-refractivity contribution in [3.8, 4) is 5.75 Å². The van der Waals surface area contributed by atoms with Crippen molar-refractivity contribution in [1.82, 2.24) is 10.6 Å². The first-order valence-electron chi connectivity index (χ1n) is 10.5. The molecule has 164 valence electrons. The van der Waals surface area contributed by atoms with E-state index in [9.17, 15) is 14.4 Å². The van der Waals surface area contributed by atoms with Crippen LogP contribution in [-0.4, -0.2) is 36.9 Å². The number of carbonyl (C=O) groups excluding carboxylic acids is 3. The second-order valence-corrected chi connectivity index (χ2v) is 7.97. The summed E-state index contributed by atoms with van der Waals surface area (Å²) in [6.45, 7) is 6.42. The van der Waals surface area contributed by atoms with Crippen molar-refractivity contribution in [2.24, 2.45) is 5.92 Å². The number of aryl methyl sites for hydroxylation is 2. The summed E-state index contributed by atoms with van der Waals surface area (Å²) in [6.07, 6.45) is 1.24. The van der Waals surface area contributed by atoms with Crippen LogP contribution in [0.5, 0.6) is 5.75 Å². The molecule has 2 aromatic rings. The zero-order valence-electron chi connectivity index (χ0n) is 18.2. The van der Waals surface area contributed by atoms with E-state index in [0.717, 1.165) is 24.0 Å². The first-order chi connectivity index (χ1) is 14.8. The highest BCUT2D eigenvalue weighted by Gasteiger charge is 2.29. The van der Waals surface area contributed by atoms with Gasteiger partial charge < -0.3 is 20.7 Å². The summed E-state index contributed by atoms with van der Waals surface area (Å²) < 4.78 is 5.76. The van der Waals surface area contributed by atoms with Gasteiger partial charge in [-0.15, -0.1) is 0 Å². The Bertz CT molecular complexity index is 932. The normalized spacial score (nSPS) is 13.8. The van der Waals surface area contributed by atoms with Crippen molar-refractivity contribution >= 4 is 23.4 Å². The third kappa shape index (κ3) is 6.84. The Morgan fingerprint density at radius 2 is 1.58 bits per heavy atom. The topological polar surface area (TPSA) is 96.5 Å². The summed E-state index contributed by atoms with van der Waals surface area (Å²) >= 11 is 0. The van der Waals surface area contributed by atoms with Gasteiger partial charge in [0.15, 0.2) is 6.10 Å². The number of amides is 3. The molecular weight excluding hydrogens is 394 g/mol. The van der Waals surface area contributed by atoms with Crippen LogP contribution in [0.1, 0.15) is 41.3 Å². The van der Waals surface area contributed by atoms with Gasteiger partial charge in [-0.2, -0.15) is 0 Å². The monoisotopic (exact) mass is 423 g/mol. The van der Waals surface area contributed by atoms with Crippen LogP contribution < -0.4 is 20.7 Å². The fourth-order valence-corrected chi connectivity index (χ4v) is 3.16. The van der Waals surface area contributed by atoms with Gasteiger partial charge in [0.1, 0.15) is 5.75 Å². The van der Waals surface area contributed by atoms with Crippen LogP contribution in [0.2, 0.25) is 0 Å². The number of nitrogens with one attached hydrogen (secondary N) is 3. The molecule has 3 amide bonds. The predicted molar refractivity (Wildman–Crippen MR) is 119 cm³/mol. The minimum Gasteiger partial charge on any atom is -0.481 e. The van der Waals surface area contributed by atoms with Gasteiger partial charge in [0.2, 0.25) is 5.91 Å². The summed E-state index contributed by atoms with van der Waals surface area (Å²) in [6, 6.07) is 12.4. The lowest BCUT2D eigenvalue weighted by molar-refractivity contribution is -0.122. The number of rotatable bonds is 9. The average Bonchev–Trinajstić information content (AvgIpc) is 3.56. The molecule has 0 heterocycles. The summed E-state index contributed by atoms with van der Waals surface area (Å²) in [7, 11) is 0. The third-order valence-electron chi connectivity index (χ3n) is 4.95. The second kappa shape index (κ2) is 10.1. The molecule has 1 saturated carbocycles. The lowest BCUT2D eigenvalue weighted by Gasteiger charge is -2.16. The maximum atomic E-state index is 12.4. The molecule has 31 heavy (non-hydrogen) atoms. The largest absolute Gasteiger partial charge is 0.481 e. The first-order valence-corrected chi connectivity index (χ1v) is 10.5. The Kier molecular flexibility index (Phi) is 7.28. The zero-order chi connectivity index (χ0) is 22.4. The number of benzene rings is 2. The van der Waals surface area contributed by atoms with E-state index in [-0.39, 0.29) is 23.6 Å². The number of carbonyl (C=O) groups is 3. The maximum Gasteiger partial charge on any atom is 0.265 e. The Hall–Kier alpha value is -3.35. The molecule has 1 atom stereocenters. The fourth-order valence-electron chi connectivity index (χ4n) is 3.16. The van der Waals surface area contributed by atoms with Gasteiger partial charge in [-0.1, -0.05) is 6.07 Å². The summed E-state index contributed by atoms with van der Waals surface area (Å²) in [4.78, 5) is 36.2. The van der Waals surface area contributed by atoms with E-state index in [1.165, 1.54) is 0 Å². The van der Waals surface area contributed by atoms with Crippen LogP contribution in [-0.2, 0) is 9.59 Å². The molecule has 1 aliphatic carbocycles. The maximum absolute atomic E-state index is 12.4. The summed E-state index contributed by atoms with van der Waals surface area (Å²) in [5.74, 6) is 0.367. The molecule has 1 fully saturated rings. The molecule has 3 rings (SSSR count). The highest BCUT2D eigenvalue weighted by Crippen LogP contribution is 2.28. The van der Waals surface area contributed by atoms with Gasteiger partial charge in [0, 0.05) is 30.3 Å². The Morgan fingerprint density at radius 3 is 2.19 bits per heavy atom. The van der Waals surface area contributed by atoms with Crippen LogP contribution in [0, 0.1) is 19.8 Å². The summed E-state index contributed by atoms with van der Waals surface area (Å²) in [5, 5.41) is 8.37. The lowest BCUT2D eigenvalue weighted by atomic mass is 10.1. The fraction of sp³-hybridized carbons (Fsp3) is 0.375. The Labute approximate surface area is 182 Å². The van der Waals surface area contributed by atoms with Crippen LogP contribution in [0.15, 0.2) is 42.5 Å². The van der Waals surface area contributed by atoms with Gasteiger partial charge in [-0.05, 0) is 81.1 Å². The van der Waals surface area contributed by atoms with Crippen molar-refractivity contribution in [1.29, 1.82) is 0 Å². The molecule has 2 aromatic carbocycles. The van der Waals surface area contributed by atoms with Crippen LogP contribution >= 0.6 is 0 Å². The first kappa shape index (κ1) is 22.3. The van der Waals surface area contributed by atoms with Crippen LogP contribution in [0.4, 0.5) is 5.69 Å². The van der Waals surface area contributed by atoms with E-state index in [1.807, 2.05) is 32.0 Å². The number of anilines is 1. The number of ether oxygens (including phenoxy) is 1. The zero-order valence-corrected chi connectivity index (χ0v) is 18.2. The van der Waals surface area contributed by atoms with E-state index < -0.39 is 6.10 Å². The minimum absolute atomic E-state index is 0.0603. The number of hydrogen-bond donors (Lipinski definition) is 3. The van der Waals surface area contributed by atoms with Crippen molar-refractivity contribution in [2.45, 2.75) is 39.7 Å². The van der Waals surface area contributed by atoms with Crippen LogP contribution in [0.3, 0.4) is 0 Å². The molecule has 7 heteroatoms. The molecule has 7 nitrogen and oxygen atoms in total. The smallest absolute Gasteiger partial charge is 0.265 e. The van der Waals surface area contributed by atoms with E-state index in [2.05, 4.69) is 16.0 Å². The van der Waals surface area contributed by atoms with E-state index >= 15 is 0 Å². The quantitative estimate of drug-likeness (QED) is 0.540. The number of hydrogen-bond acceptors (Lipinski definition) is 4. The van der Waals surface area contributed by atoms with Crippen molar-refractivity contribution < 1.29 is 19.1 Å². The summed E-state index contributed by atoms with van der Waals surface area (Å²) in [5.41, 5.74) is 3.20. The van der Waals surface area contributed by atoms with Gasteiger partial charge in [-0.25, -0.2) is 0 Å². The molecule has 0 saturated heterocycles. The van der Waals surface area contributed by atoms with Gasteiger partial charge in [-0.3, -0.25) is 14.4 Å². The SMILES string of the molecule is Cc1cc(C)cc(OC(C)C(=O)Nc2ccc(C(=O)NCCNC(=O)C3CC3)cc2)c1. The molecule has 1 unspecified atom stereocenters.